The Hall–Kier alpha value is -4.36. The number of benzene rings is 3. The van der Waals surface area contributed by atoms with E-state index in [2.05, 4.69) is 15.9 Å². The van der Waals surface area contributed by atoms with E-state index in [-0.39, 0.29) is 5.91 Å². The van der Waals surface area contributed by atoms with E-state index < -0.39 is 17.3 Å². The molecule has 2 heterocycles. The van der Waals surface area contributed by atoms with Gasteiger partial charge in [-0.05, 0) is 54.1 Å². The Kier molecular flexibility index (Phi) is 5.84. The van der Waals surface area contributed by atoms with Crippen LogP contribution in [0.25, 0.3) is 23.1 Å². The first-order chi connectivity index (χ1) is 16.9. The predicted molar refractivity (Wildman–Crippen MR) is 135 cm³/mol. The van der Waals surface area contributed by atoms with Crippen molar-refractivity contribution in [1.82, 2.24) is 0 Å². The van der Waals surface area contributed by atoms with E-state index in [9.17, 15) is 19.8 Å². The SMILES string of the molecule is O=C(O)c1cc(N2C(=O)/C(=C\c3ccc(-c4ccc(Br)cc4)o3)C=C2c2ccccc2)ccc1[O-]. The monoisotopic (exact) mass is 526 g/mol. The number of anilines is 1. The lowest BCUT2D eigenvalue weighted by Crippen LogP contribution is -2.25. The fraction of sp³-hybridized carbons (Fsp3) is 0. The van der Waals surface area contributed by atoms with Gasteiger partial charge < -0.3 is 14.6 Å². The lowest BCUT2D eigenvalue weighted by atomic mass is 10.1. The van der Waals surface area contributed by atoms with Gasteiger partial charge in [-0.2, -0.15) is 0 Å². The van der Waals surface area contributed by atoms with Crippen molar-refractivity contribution >= 4 is 45.3 Å². The van der Waals surface area contributed by atoms with Gasteiger partial charge >= 0.3 is 5.97 Å². The maximum Gasteiger partial charge on any atom is 0.335 e. The van der Waals surface area contributed by atoms with Gasteiger partial charge in [0.2, 0.25) is 0 Å². The molecule has 0 fully saturated rings. The summed E-state index contributed by atoms with van der Waals surface area (Å²) in [7, 11) is 0. The summed E-state index contributed by atoms with van der Waals surface area (Å²) in [6, 6.07) is 24.4. The molecule has 0 radical (unpaired) electrons. The minimum atomic E-state index is -1.35. The van der Waals surface area contributed by atoms with Crippen LogP contribution >= 0.6 is 15.9 Å². The molecule has 0 saturated carbocycles. The normalized spacial score (nSPS) is 14.4. The van der Waals surface area contributed by atoms with E-state index in [1.54, 1.807) is 18.2 Å². The van der Waals surface area contributed by atoms with Crippen molar-refractivity contribution in [3.63, 3.8) is 0 Å². The highest BCUT2D eigenvalue weighted by molar-refractivity contribution is 9.10. The quantitative estimate of drug-likeness (QED) is 0.324. The molecular formula is C28H17BrNO5-. The average Bonchev–Trinajstić information content (AvgIpc) is 3.45. The zero-order valence-electron chi connectivity index (χ0n) is 18.1. The van der Waals surface area contributed by atoms with Crippen LogP contribution in [0.4, 0.5) is 5.69 Å². The van der Waals surface area contributed by atoms with Crippen LogP contribution < -0.4 is 10.0 Å². The number of carbonyl (C=O) groups is 2. The van der Waals surface area contributed by atoms with E-state index in [1.807, 2.05) is 60.7 Å². The maximum atomic E-state index is 13.5. The van der Waals surface area contributed by atoms with Gasteiger partial charge in [0.15, 0.2) is 0 Å². The molecule has 1 N–H and O–H groups in total. The summed E-state index contributed by atoms with van der Waals surface area (Å²) >= 11 is 3.42. The van der Waals surface area contributed by atoms with Crippen molar-refractivity contribution in [2.75, 3.05) is 4.90 Å². The molecule has 0 saturated heterocycles. The number of carbonyl (C=O) groups excluding carboxylic acids is 1. The smallest absolute Gasteiger partial charge is 0.335 e. The van der Waals surface area contributed by atoms with Crippen molar-refractivity contribution in [3.05, 3.63) is 118 Å². The third-order valence-corrected chi connectivity index (χ3v) is 6.09. The number of aromatic carboxylic acids is 1. The highest BCUT2D eigenvalue weighted by Crippen LogP contribution is 2.37. The Morgan fingerprint density at radius 3 is 2.40 bits per heavy atom. The lowest BCUT2D eigenvalue weighted by Gasteiger charge is -2.22. The summed E-state index contributed by atoms with van der Waals surface area (Å²) in [6.45, 7) is 0. The Morgan fingerprint density at radius 1 is 0.943 bits per heavy atom. The Bertz CT molecular complexity index is 1500. The minimum absolute atomic E-state index is 0.292. The number of halogens is 1. The molecule has 1 aromatic heterocycles. The van der Waals surface area contributed by atoms with Crippen molar-refractivity contribution in [2.45, 2.75) is 0 Å². The molecule has 0 aliphatic carbocycles. The van der Waals surface area contributed by atoms with E-state index in [0.717, 1.165) is 21.7 Å². The summed E-state index contributed by atoms with van der Waals surface area (Å²) in [5, 5.41) is 21.4. The highest BCUT2D eigenvalue weighted by atomic mass is 79.9. The number of nitrogens with zero attached hydrogens (tertiary/aromatic N) is 1. The number of carboxylic acid groups (broad SMARTS) is 1. The Labute approximate surface area is 209 Å². The van der Waals surface area contributed by atoms with Crippen molar-refractivity contribution in [2.24, 2.45) is 0 Å². The predicted octanol–water partition coefficient (Wildman–Crippen LogP) is 5.95. The van der Waals surface area contributed by atoms with E-state index in [1.165, 1.54) is 17.0 Å². The second-order valence-corrected chi connectivity index (χ2v) is 8.75. The van der Waals surface area contributed by atoms with Crippen LogP contribution in [0.2, 0.25) is 0 Å². The van der Waals surface area contributed by atoms with Gasteiger partial charge in [0.25, 0.3) is 5.91 Å². The Balaban J connectivity index is 1.56. The van der Waals surface area contributed by atoms with Gasteiger partial charge in [0.05, 0.1) is 16.9 Å². The number of hydrogen-bond donors (Lipinski definition) is 1. The van der Waals surface area contributed by atoms with Crippen molar-refractivity contribution < 1.29 is 24.2 Å². The van der Waals surface area contributed by atoms with Gasteiger partial charge in [-0.1, -0.05) is 70.2 Å². The van der Waals surface area contributed by atoms with Crippen LogP contribution in [-0.4, -0.2) is 17.0 Å². The van der Waals surface area contributed by atoms with Crippen LogP contribution in [0, 0.1) is 0 Å². The minimum Gasteiger partial charge on any atom is -0.872 e. The number of furan rings is 1. The molecule has 7 heteroatoms. The zero-order chi connectivity index (χ0) is 24.5. The number of carboxylic acids is 1. The third kappa shape index (κ3) is 4.41. The maximum absolute atomic E-state index is 13.5. The van der Waals surface area contributed by atoms with Gasteiger partial charge in [-0.15, -0.1) is 0 Å². The standard InChI is InChI=1S/C28H18BrNO5/c29-20-8-6-18(7-9-20)26-13-11-22(35-26)14-19-15-24(17-4-2-1-3-5-17)30(27(19)32)21-10-12-25(31)23(16-21)28(33)34/h1-16,31H,(H,33,34)/p-1/b19-14-. The van der Waals surface area contributed by atoms with Crippen LogP contribution in [0.3, 0.4) is 0 Å². The lowest BCUT2D eigenvalue weighted by molar-refractivity contribution is -0.268. The Morgan fingerprint density at radius 2 is 1.69 bits per heavy atom. The number of rotatable bonds is 5. The van der Waals surface area contributed by atoms with E-state index in [4.69, 9.17) is 4.42 Å². The molecule has 0 bridgehead atoms. The van der Waals surface area contributed by atoms with Gasteiger partial charge in [0.1, 0.15) is 11.5 Å². The fourth-order valence-electron chi connectivity index (χ4n) is 3.87. The molecule has 172 valence electrons. The van der Waals surface area contributed by atoms with E-state index in [0.29, 0.717) is 28.5 Å². The second-order valence-electron chi connectivity index (χ2n) is 7.83. The first kappa shape index (κ1) is 22.4. The zero-order valence-corrected chi connectivity index (χ0v) is 19.7. The number of amides is 1. The summed E-state index contributed by atoms with van der Waals surface area (Å²) < 4.78 is 6.92. The van der Waals surface area contributed by atoms with E-state index >= 15 is 0 Å². The second kappa shape index (κ2) is 9.12. The molecule has 6 nitrogen and oxygen atoms in total. The van der Waals surface area contributed by atoms with Crippen molar-refractivity contribution in [3.8, 4) is 17.1 Å². The molecule has 4 aromatic rings. The molecule has 0 unspecified atom stereocenters. The van der Waals surface area contributed by atoms with Crippen molar-refractivity contribution in [1.29, 1.82) is 0 Å². The molecule has 0 spiro atoms. The average molecular weight is 527 g/mol. The molecule has 35 heavy (non-hydrogen) atoms. The molecular weight excluding hydrogens is 510 g/mol. The van der Waals surface area contributed by atoms with Crippen LogP contribution in [0.1, 0.15) is 21.7 Å². The molecule has 0 atom stereocenters. The molecule has 5 rings (SSSR count). The summed E-state index contributed by atoms with van der Waals surface area (Å²) in [5.74, 6) is -1.17. The molecule has 1 aliphatic rings. The van der Waals surface area contributed by atoms with Gasteiger partial charge in [-0.25, -0.2) is 4.79 Å². The fourth-order valence-corrected chi connectivity index (χ4v) is 4.13. The van der Waals surface area contributed by atoms with Crippen LogP contribution in [0.5, 0.6) is 5.75 Å². The van der Waals surface area contributed by atoms with Gasteiger partial charge in [0, 0.05) is 15.6 Å². The summed E-state index contributed by atoms with van der Waals surface area (Å²) in [6.07, 6.45) is 3.37. The number of hydrogen-bond acceptors (Lipinski definition) is 4. The van der Waals surface area contributed by atoms with Crippen LogP contribution in [0.15, 0.2) is 105 Å². The summed E-state index contributed by atoms with van der Waals surface area (Å²) in [4.78, 5) is 26.4. The molecule has 3 aromatic carbocycles. The molecule has 1 amide bonds. The topological polar surface area (TPSA) is 93.8 Å². The molecule has 1 aliphatic heterocycles. The first-order valence-electron chi connectivity index (χ1n) is 10.6. The largest absolute Gasteiger partial charge is 0.872 e. The van der Waals surface area contributed by atoms with Crippen LogP contribution in [-0.2, 0) is 4.79 Å². The highest BCUT2D eigenvalue weighted by Gasteiger charge is 2.31. The first-order valence-corrected chi connectivity index (χ1v) is 11.4. The third-order valence-electron chi connectivity index (χ3n) is 5.56. The van der Waals surface area contributed by atoms with Gasteiger partial charge in [-0.3, -0.25) is 9.69 Å². The summed E-state index contributed by atoms with van der Waals surface area (Å²) in [5.41, 5.74) is 2.49.